The normalized spacial score (nSPS) is 40.3. The van der Waals surface area contributed by atoms with E-state index < -0.39 is 0 Å². The molecule has 0 spiro atoms. The summed E-state index contributed by atoms with van der Waals surface area (Å²) in [5, 5.41) is 0. The molecular formula is C7H14. The maximum atomic E-state index is 2.36. The summed E-state index contributed by atoms with van der Waals surface area (Å²) in [4.78, 5) is 0. The second kappa shape index (κ2) is 1.85. The minimum absolute atomic E-state index is 1.05. The fourth-order valence-electron chi connectivity index (χ4n) is 1.34. The Labute approximate surface area is 45.9 Å². The van der Waals surface area contributed by atoms with Crippen LogP contribution in [0.4, 0.5) is 0 Å². The van der Waals surface area contributed by atoms with E-state index in [1.165, 1.54) is 19.3 Å². The first-order chi connectivity index (χ1) is 3.34. The Hall–Kier alpha value is 0. The van der Waals surface area contributed by atoms with E-state index in [2.05, 4.69) is 13.8 Å². The molecule has 0 aromatic rings. The van der Waals surface area contributed by atoms with Gasteiger partial charge in [0.1, 0.15) is 0 Å². The van der Waals surface area contributed by atoms with Crippen LogP contribution in [-0.2, 0) is 0 Å². The van der Waals surface area contributed by atoms with E-state index in [4.69, 9.17) is 0 Å². The predicted molar refractivity (Wildman–Crippen MR) is 32.2 cm³/mol. The second-order valence-electron chi connectivity index (χ2n) is 2.72. The van der Waals surface area contributed by atoms with E-state index in [1.807, 2.05) is 0 Å². The molecule has 1 fully saturated rings. The monoisotopic (exact) mass is 98.1 g/mol. The molecule has 0 aliphatic heterocycles. The molecule has 0 aromatic heterocycles. The van der Waals surface area contributed by atoms with Crippen molar-refractivity contribution in [2.24, 2.45) is 11.8 Å². The third-order valence-corrected chi connectivity index (χ3v) is 2.32. The maximum absolute atomic E-state index is 2.36. The largest absolute Gasteiger partial charge is 0.0651 e. The summed E-state index contributed by atoms with van der Waals surface area (Å²) >= 11 is 0. The molecule has 7 heavy (non-hydrogen) atoms. The lowest BCUT2D eigenvalue weighted by Gasteiger charge is -2.32. The van der Waals surface area contributed by atoms with Gasteiger partial charge in [-0.1, -0.05) is 26.7 Å². The minimum Gasteiger partial charge on any atom is -0.0651 e. The summed E-state index contributed by atoms with van der Waals surface area (Å²) in [6.45, 7) is 4.65. The lowest BCUT2D eigenvalue weighted by molar-refractivity contribution is 0.190. The second-order valence-corrected chi connectivity index (χ2v) is 2.72. The smallest absolute Gasteiger partial charge is 0.0391 e. The molecule has 0 heterocycles. The predicted octanol–water partition coefficient (Wildman–Crippen LogP) is 2.44. The van der Waals surface area contributed by atoms with Crippen LogP contribution in [0.2, 0.25) is 0 Å². The third-order valence-electron chi connectivity index (χ3n) is 2.32. The zero-order chi connectivity index (χ0) is 5.28. The van der Waals surface area contributed by atoms with Crippen molar-refractivity contribution in [3.05, 3.63) is 0 Å². The van der Waals surface area contributed by atoms with Crippen molar-refractivity contribution in [3.8, 4) is 0 Å². The zero-order valence-corrected chi connectivity index (χ0v) is 5.28. The van der Waals surface area contributed by atoms with Gasteiger partial charge in [-0.3, -0.25) is 0 Å². The molecule has 0 bridgehead atoms. The lowest BCUT2D eigenvalue weighted by atomic mass is 9.74. The Morgan fingerprint density at radius 3 is 2.14 bits per heavy atom. The Balaban J connectivity index is 2.16. The Morgan fingerprint density at radius 1 is 1.43 bits per heavy atom. The van der Waals surface area contributed by atoms with Gasteiger partial charge >= 0.3 is 0 Å². The highest BCUT2D eigenvalue weighted by Gasteiger charge is 2.23. The zero-order valence-electron chi connectivity index (χ0n) is 5.28. The van der Waals surface area contributed by atoms with Gasteiger partial charge in [-0.15, -0.1) is 0 Å². The van der Waals surface area contributed by atoms with Crippen LogP contribution in [0.5, 0.6) is 0 Å². The standard InChI is InChI=1S/C7H14/c1-3-7-5-4-6(7)2/h6-7H,3-5H2,1-2H3/t6-,7+/m0/s1. The Kier molecular flexibility index (Phi) is 1.36. The van der Waals surface area contributed by atoms with E-state index in [0.29, 0.717) is 0 Å². The van der Waals surface area contributed by atoms with Gasteiger partial charge in [0.05, 0.1) is 0 Å². The summed E-state index contributed by atoms with van der Waals surface area (Å²) in [6, 6.07) is 0. The summed E-state index contributed by atoms with van der Waals surface area (Å²) in [5.74, 6) is 2.13. The van der Waals surface area contributed by atoms with Crippen molar-refractivity contribution in [2.45, 2.75) is 33.1 Å². The van der Waals surface area contributed by atoms with Crippen molar-refractivity contribution in [3.63, 3.8) is 0 Å². The van der Waals surface area contributed by atoms with Crippen molar-refractivity contribution >= 4 is 0 Å². The van der Waals surface area contributed by atoms with Gasteiger partial charge in [0, 0.05) is 0 Å². The van der Waals surface area contributed by atoms with E-state index >= 15 is 0 Å². The van der Waals surface area contributed by atoms with Gasteiger partial charge < -0.3 is 0 Å². The average Bonchev–Trinajstić information content (AvgIpc) is 1.65. The van der Waals surface area contributed by atoms with Crippen LogP contribution in [0.3, 0.4) is 0 Å². The molecule has 0 saturated heterocycles. The quantitative estimate of drug-likeness (QED) is 0.472. The molecule has 1 aliphatic carbocycles. The van der Waals surface area contributed by atoms with Gasteiger partial charge in [0.25, 0.3) is 0 Å². The average molecular weight is 98.2 g/mol. The van der Waals surface area contributed by atoms with Crippen LogP contribution < -0.4 is 0 Å². The van der Waals surface area contributed by atoms with E-state index in [9.17, 15) is 0 Å². The van der Waals surface area contributed by atoms with E-state index in [-0.39, 0.29) is 0 Å². The number of rotatable bonds is 1. The topological polar surface area (TPSA) is 0 Å². The molecule has 2 atom stereocenters. The molecule has 1 saturated carbocycles. The van der Waals surface area contributed by atoms with E-state index in [0.717, 1.165) is 11.8 Å². The molecule has 0 N–H and O–H groups in total. The lowest BCUT2D eigenvalue weighted by Crippen LogP contribution is -2.21. The molecule has 0 heteroatoms. The van der Waals surface area contributed by atoms with Crippen molar-refractivity contribution in [1.29, 1.82) is 0 Å². The Bertz CT molecular complexity index is 55.1. The molecule has 1 aliphatic rings. The van der Waals surface area contributed by atoms with Crippen LogP contribution in [0.1, 0.15) is 33.1 Å². The fourth-order valence-corrected chi connectivity index (χ4v) is 1.34. The number of hydrogen-bond acceptors (Lipinski definition) is 0. The highest BCUT2D eigenvalue weighted by molar-refractivity contribution is 4.75. The first kappa shape index (κ1) is 5.14. The van der Waals surface area contributed by atoms with Crippen molar-refractivity contribution in [1.82, 2.24) is 0 Å². The molecule has 0 amide bonds. The summed E-state index contributed by atoms with van der Waals surface area (Å²) < 4.78 is 0. The SMILES string of the molecule is CC[C@@H]1CC[C@@H]1C. The molecule has 0 aromatic carbocycles. The highest BCUT2D eigenvalue weighted by atomic mass is 14.3. The molecule has 42 valence electrons. The molecule has 0 unspecified atom stereocenters. The van der Waals surface area contributed by atoms with Crippen LogP contribution >= 0.6 is 0 Å². The van der Waals surface area contributed by atoms with Gasteiger partial charge in [-0.25, -0.2) is 0 Å². The van der Waals surface area contributed by atoms with Gasteiger partial charge in [0.15, 0.2) is 0 Å². The Morgan fingerprint density at radius 2 is 2.14 bits per heavy atom. The fraction of sp³-hybridized carbons (Fsp3) is 1.00. The summed E-state index contributed by atoms with van der Waals surface area (Å²) in [7, 11) is 0. The summed E-state index contributed by atoms with van der Waals surface area (Å²) in [5.41, 5.74) is 0. The van der Waals surface area contributed by atoms with Crippen LogP contribution in [0.25, 0.3) is 0 Å². The molecular weight excluding hydrogens is 84.1 g/mol. The molecule has 1 rings (SSSR count). The maximum Gasteiger partial charge on any atom is -0.0391 e. The van der Waals surface area contributed by atoms with Gasteiger partial charge in [-0.05, 0) is 18.3 Å². The van der Waals surface area contributed by atoms with Crippen molar-refractivity contribution < 1.29 is 0 Å². The van der Waals surface area contributed by atoms with E-state index in [1.54, 1.807) is 0 Å². The first-order valence-corrected chi connectivity index (χ1v) is 3.34. The molecule has 0 nitrogen and oxygen atoms in total. The first-order valence-electron chi connectivity index (χ1n) is 3.34. The van der Waals surface area contributed by atoms with Gasteiger partial charge in [-0.2, -0.15) is 0 Å². The summed E-state index contributed by atoms with van der Waals surface area (Å²) in [6.07, 6.45) is 4.39. The minimum atomic E-state index is 1.05. The number of hydrogen-bond donors (Lipinski definition) is 0. The van der Waals surface area contributed by atoms with Crippen LogP contribution in [0.15, 0.2) is 0 Å². The third kappa shape index (κ3) is 0.793. The van der Waals surface area contributed by atoms with Crippen LogP contribution in [0, 0.1) is 11.8 Å². The highest BCUT2D eigenvalue weighted by Crippen LogP contribution is 2.35. The van der Waals surface area contributed by atoms with Crippen LogP contribution in [-0.4, -0.2) is 0 Å². The van der Waals surface area contributed by atoms with Crippen molar-refractivity contribution in [2.75, 3.05) is 0 Å². The molecule has 0 radical (unpaired) electrons. The van der Waals surface area contributed by atoms with Gasteiger partial charge in [0.2, 0.25) is 0 Å².